The summed E-state index contributed by atoms with van der Waals surface area (Å²) in [5, 5.41) is 3.67. The monoisotopic (exact) mass is 231 g/mol. The summed E-state index contributed by atoms with van der Waals surface area (Å²) >= 11 is 0. The zero-order chi connectivity index (χ0) is 11.9. The maximum Gasteiger partial charge on any atom is 0.124 e. The molecule has 2 heteroatoms. The molecule has 0 aromatic heterocycles. The molecule has 1 aliphatic heterocycles. The summed E-state index contributed by atoms with van der Waals surface area (Å²) in [6.45, 7) is 3.46. The van der Waals surface area contributed by atoms with Gasteiger partial charge in [0.25, 0.3) is 0 Å². The first-order chi connectivity index (χ1) is 8.24. The van der Waals surface area contributed by atoms with Crippen LogP contribution in [0.2, 0.25) is 0 Å². The van der Waals surface area contributed by atoms with Gasteiger partial charge in [0.05, 0.1) is 7.11 Å². The van der Waals surface area contributed by atoms with Crippen molar-refractivity contribution in [3.05, 3.63) is 28.8 Å². The Bertz CT molecular complexity index is 433. The minimum absolute atomic E-state index is 0.126. The summed E-state index contributed by atoms with van der Waals surface area (Å²) in [5.74, 6) is 1.07. The minimum Gasteiger partial charge on any atom is -0.496 e. The molecular formula is C15H21NO. The predicted molar refractivity (Wildman–Crippen MR) is 69.6 cm³/mol. The molecule has 1 saturated heterocycles. The van der Waals surface area contributed by atoms with Crippen molar-refractivity contribution < 1.29 is 4.74 Å². The summed E-state index contributed by atoms with van der Waals surface area (Å²) in [7, 11) is 1.79. The predicted octanol–water partition coefficient (Wildman–Crippen LogP) is 2.78. The molecule has 3 rings (SSSR count). The third-order valence-corrected chi connectivity index (χ3v) is 4.38. The van der Waals surface area contributed by atoms with Crippen molar-refractivity contribution in [1.82, 2.24) is 5.32 Å². The molecule has 0 amide bonds. The lowest BCUT2D eigenvalue weighted by molar-refractivity contribution is 0.369. The third kappa shape index (κ3) is 1.66. The second kappa shape index (κ2) is 4.02. The van der Waals surface area contributed by atoms with E-state index in [1.165, 1.54) is 43.2 Å². The molecule has 0 spiro atoms. The topological polar surface area (TPSA) is 21.3 Å². The highest BCUT2D eigenvalue weighted by atomic mass is 16.5. The third-order valence-electron chi connectivity index (χ3n) is 4.38. The first-order valence-corrected chi connectivity index (χ1v) is 6.69. The molecule has 17 heavy (non-hydrogen) atoms. The molecule has 92 valence electrons. The zero-order valence-corrected chi connectivity index (χ0v) is 10.8. The van der Waals surface area contributed by atoms with Crippen LogP contribution in [0.3, 0.4) is 0 Å². The highest BCUT2D eigenvalue weighted by Crippen LogP contribution is 2.42. The first kappa shape index (κ1) is 11.1. The van der Waals surface area contributed by atoms with Crippen molar-refractivity contribution >= 4 is 0 Å². The highest BCUT2D eigenvalue weighted by molar-refractivity contribution is 5.51. The summed E-state index contributed by atoms with van der Waals surface area (Å²) < 4.78 is 5.61. The van der Waals surface area contributed by atoms with E-state index in [1.807, 2.05) is 0 Å². The van der Waals surface area contributed by atoms with Crippen LogP contribution in [0.5, 0.6) is 5.75 Å². The van der Waals surface area contributed by atoms with Gasteiger partial charge in [0, 0.05) is 11.1 Å². The van der Waals surface area contributed by atoms with E-state index in [0.29, 0.717) is 0 Å². The van der Waals surface area contributed by atoms with Crippen LogP contribution in [0.4, 0.5) is 0 Å². The Morgan fingerprint density at radius 3 is 2.82 bits per heavy atom. The highest BCUT2D eigenvalue weighted by Gasteiger charge is 2.36. The fraction of sp³-hybridized carbons (Fsp3) is 0.600. The smallest absolute Gasteiger partial charge is 0.124 e. The first-order valence-electron chi connectivity index (χ1n) is 6.69. The van der Waals surface area contributed by atoms with E-state index < -0.39 is 0 Å². The number of rotatable bonds is 2. The van der Waals surface area contributed by atoms with Crippen LogP contribution < -0.4 is 10.1 Å². The van der Waals surface area contributed by atoms with Crippen molar-refractivity contribution in [2.75, 3.05) is 13.7 Å². The lowest BCUT2D eigenvalue weighted by Gasteiger charge is -2.29. The summed E-state index contributed by atoms with van der Waals surface area (Å²) in [6, 6.07) is 4.41. The molecule has 1 aliphatic carbocycles. The van der Waals surface area contributed by atoms with Gasteiger partial charge >= 0.3 is 0 Å². The molecule has 1 N–H and O–H groups in total. The minimum atomic E-state index is 0.126. The van der Waals surface area contributed by atoms with Gasteiger partial charge in [0.15, 0.2) is 0 Å². The summed E-state index contributed by atoms with van der Waals surface area (Å²) in [4.78, 5) is 0. The van der Waals surface area contributed by atoms with E-state index in [-0.39, 0.29) is 5.54 Å². The van der Waals surface area contributed by atoms with Crippen LogP contribution in [-0.4, -0.2) is 13.7 Å². The van der Waals surface area contributed by atoms with Crippen molar-refractivity contribution in [1.29, 1.82) is 0 Å². The van der Waals surface area contributed by atoms with E-state index in [4.69, 9.17) is 4.74 Å². The molecule has 1 unspecified atom stereocenters. The van der Waals surface area contributed by atoms with Crippen LogP contribution in [0.25, 0.3) is 0 Å². The van der Waals surface area contributed by atoms with Crippen LogP contribution in [0.1, 0.15) is 42.9 Å². The lowest BCUT2D eigenvalue weighted by Crippen LogP contribution is -2.34. The molecule has 1 atom stereocenters. The van der Waals surface area contributed by atoms with Crippen LogP contribution in [0, 0.1) is 0 Å². The maximum absolute atomic E-state index is 5.61. The number of hydrogen-bond donors (Lipinski definition) is 1. The standard InChI is InChI=1S/C15H21NO/c1-15(9-4-10-16-15)14-12-6-3-5-11(12)7-8-13(14)17-2/h7-8,16H,3-6,9-10H2,1-2H3. The van der Waals surface area contributed by atoms with E-state index in [9.17, 15) is 0 Å². The summed E-state index contributed by atoms with van der Waals surface area (Å²) in [5.41, 5.74) is 4.66. The summed E-state index contributed by atoms with van der Waals surface area (Å²) in [6.07, 6.45) is 6.25. The quantitative estimate of drug-likeness (QED) is 0.845. The Hall–Kier alpha value is -1.02. The lowest BCUT2D eigenvalue weighted by atomic mass is 9.84. The SMILES string of the molecule is COc1ccc2c(c1C1(C)CCCN1)CCC2. The average Bonchev–Trinajstić information content (AvgIpc) is 2.96. The van der Waals surface area contributed by atoms with E-state index in [2.05, 4.69) is 24.4 Å². The van der Waals surface area contributed by atoms with Gasteiger partial charge in [0.2, 0.25) is 0 Å². The Labute approximate surface area is 103 Å². The molecule has 1 fully saturated rings. The average molecular weight is 231 g/mol. The van der Waals surface area contributed by atoms with E-state index in [1.54, 1.807) is 12.7 Å². The van der Waals surface area contributed by atoms with Gasteiger partial charge < -0.3 is 10.1 Å². The van der Waals surface area contributed by atoms with Crippen LogP contribution in [-0.2, 0) is 18.4 Å². The largest absolute Gasteiger partial charge is 0.496 e. The Kier molecular flexibility index (Phi) is 2.62. The van der Waals surface area contributed by atoms with Gasteiger partial charge in [0.1, 0.15) is 5.75 Å². The van der Waals surface area contributed by atoms with Crippen molar-refractivity contribution in [2.24, 2.45) is 0 Å². The molecule has 2 nitrogen and oxygen atoms in total. The van der Waals surface area contributed by atoms with Crippen molar-refractivity contribution in [3.8, 4) is 5.75 Å². The number of aryl methyl sites for hydroxylation is 1. The zero-order valence-electron chi connectivity index (χ0n) is 10.8. The molecule has 0 saturated carbocycles. The second-order valence-corrected chi connectivity index (χ2v) is 5.50. The van der Waals surface area contributed by atoms with Gasteiger partial charge in [-0.2, -0.15) is 0 Å². The van der Waals surface area contributed by atoms with Gasteiger partial charge in [-0.25, -0.2) is 0 Å². The Balaban J connectivity index is 2.16. The Morgan fingerprint density at radius 1 is 1.24 bits per heavy atom. The van der Waals surface area contributed by atoms with E-state index in [0.717, 1.165) is 12.3 Å². The number of nitrogens with one attached hydrogen (secondary N) is 1. The number of methoxy groups -OCH3 is 1. The molecule has 2 aliphatic rings. The fourth-order valence-electron chi connectivity index (χ4n) is 3.53. The van der Waals surface area contributed by atoms with Gasteiger partial charge in [-0.1, -0.05) is 6.07 Å². The van der Waals surface area contributed by atoms with Gasteiger partial charge in [-0.05, 0) is 62.8 Å². The molecule has 1 aromatic carbocycles. The normalized spacial score (nSPS) is 27.2. The Morgan fingerprint density at radius 2 is 2.12 bits per heavy atom. The molecule has 1 heterocycles. The number of fused-ring (bicyclic) bond motifs is 1. The number of hydrogen-bond acceptors (Lipinski definition) is 2. The van der Waals surface area contributed by atoms with E-state index >= 15 is 0 Å². The number of benzene rings is 1. The molecule has 0 bridgehead atoms. The van der Waals surface area contributed by atoms with Crippen LogP contribution in [0.15, 0.2) is 12.1 Å². The van der Waals surface area contributed by atoms with Crippen molar-refractivity contribution in [2.45, 2.75) is 44.6 Å². The van der Waals surface area contributed by atoms with Crippen molar-refractivity contribution in [3.63, 3.8) is 0 Å². The van der Waals surface area contributed by atoms with Gasteiger partial charge in [-0.3, -0.25) is 0 Å². The van der Waals surface area contributed by atoms with Crippen LogP contribution >= 0.6 is 0 Å². The molecule has 1 aromatic rings. The molecule has 0 radical (unpaired) electrons. The second-order valence-electron chi connectivity index (χ2n) is 5.50. The maximum atomic E-state index is 5.61. The number of ether oxygens (including phenoxy) is 1. The fourth-order valence-corrected chi connectivity index (χ4v) is 3.53. The molecular weight excluding hydrogens is 210 g/mol. The van der Waals surface area contributed by atoms with Gasteiger partial charge in [-0.15, -0.1) is 0 Å².